The number of aromatic nitrogens is 1. The van der Waals surface area contributed by atoms with Gasteiger partial charge in [0, 0.05) is 0 Å². The molecule has 0 unspecified atom stereocenters. The highest BCUT2D eigenvalue weighted by Crippen LogP contribution is 2.08. The normalized spacial score (nSPS) is 13.6. The van der Waals surface area contributed by atoms with Gasteiger partial charge in [-0.3, -0.25) is 4.79 Å². The van der Waals surface area contributed by atoms with Gasteiger partial charge in [-0.05, 0) is 6.92 Å². The average Bonchev–Trinajstić information content (AvgIpc) is 2.92. The molecule has 0 aromatic carbocycles. The third-order valence-corrected chi connectivity index (χ3v) is 2.49. The van der Waals surface area contributed by atoms with Crippen LogP contribution in [0.5, 0.6) is 0 Å². The molecule has 1 heterocycles. The average molecular weight is 287 g/mol. The molecule has 20 heavy (non-hydrogen) atoms. The van der Waals surface area contributed by atoms with Crippen LogP contribution in [0, 0.1) is 0 Å². The number of hydroxylamine groups is 1. The van der Waals surface area contributed by atoms with Crippen LogP contribution in [0.15, 0.2) is 10.7 Å². The number of ether oxygens (including phenoxy) is 1. The molecule has 0 radical (unpaired) electrons. The number of hydrogen-bond acceptors (Lipinski definition) is 8. The molecule has 1 aromatic rings. The molecule has 0 aliphatic heterocycles. The zero-order chi connectivity index (χ0) is 15.2. The van der Waals surface area contributed by atoms with Crippen molar-refractivity contribution in [2.75, 3.05) is 20.8 Å². The fourth-order valence-electron chi connectivity index (χ4n) is 1.33. The van der Waals surface area contributed by atoms with Crippen molar-refractivity contribution in [1.82, 2.24) is 15.8 Å². The molecule has 112 valence electrons. The summed E-state index contributed by atoms with van der Waals surface area (Å²) in [6.07, 6.45) is 1.14. The van der Waals surface area contributed by atoms with Crippen molar-refractivity contribution in [3.8, 4) is 0 Å². The van der Waals surface area contributed by atoms with Gasteiger partial charge in [0.1, 0.15) is 6.26 Å². The minimum Gasteiger partial charge on any atom is -0.467 e. The number of hydrogen-bond donors (Lipinski definition) is 3. The van der Waals surface area contributed by atoms with Gasteiger partial charge in [-0.2, -0.15) is 5.48 Å². The Kier molecular flexibility index (Phi) is 5.62. The molecule has 0 fully saturated rings. The Morgan fingerprint density at radius 2 is 2.20 bits per heavy atom. The molecule has 1 atom stereocenters. The SMILES string of the molecule is CONCc1nc(C(=O)N[C@@](C)(CO)C(=O)OC)co1. The lowest BCUT2D eigenvalue weighted by Gasteiger charge is -2.24. The molecule has 0 saturated carbocycles. The van der Waals surface area contributed by atoms with Crippen molar-refractivity contribution in [3.63, 3.8) is 0 Å². The predicted molar refractivity (Wildman–Crippen MR) is 65.3 cm³/mol. The zero-order valence-electron chi connectivity index (χ0n) is 11.4. The number of esters is 1. The molecule has 1 aromatic heterocycles. The Bertz CT molecular complexity index is 474. The summed E-state index contributed by atoms with van der Waals surface area (Å²) in [5, 5.41) is 11.6. The van der Waals surface area contributed by atoms with E-state index in [1.54, 1.807) is 0 Å². The molecule has 0 aliphatic rings. The summed E-state index contributed by atoms with van der Waals surface area (Å²) in [5.74, 6) is -1.20. The highest BCUT2D eigenvalue weighted by atomic mass is 16.6. The molecular weight excluding hydrogens is 270 g/mol. The molecule has 9 nitrogen and oxygen atoms in total. The molecule has 1 amide bonds. The van der Waals surface area contributed by atoms with Crippen LogP contribution in [0.2, 0.25) is 0 Å². The number of oxazole rings is 1. The van der Waals surface area contributed by atoms with E-state index in [1.165, 1.54) is 14.0 Å². The molecule has 0 aliphatic carbocycles. The Hall–Kier alpha value is -1.97. The number of carbonyl (C=O) groups excluding carboxylic acids is 2. The Morgan fingerprint density at radius 3 is 2.75 bits per heavy atom. The number of aliphatic hydroxyl groups is 1. The first kappa shape index (κ1) is 16.1. The van der Waals surface area contributed by atoms with Crippen molar-refractivity contribution in [3.05, 3.63) is 17.8 Å². The Labute approximate surface area is 115 Å². The molecule has 0 bridgehead atoms. The van der Waals surface area contributed by atoms with Crippen molar-refractivity contribution in [1.29, 1.82) is 0 Å². The standard InChI is InChI=1S/C11H17N3O6/c1-11(6-15,10(17)18-2)14-9(16)7-5-20-8(13-7)4-12-19-3/h5,12,15H,4,6H2,1-3H3,(H,14,16)/t11-/m0/s1. The van der Waals surface area contributed by atoms with Crippen LogP contribution in [0.25, 0.3) is 0 Å². The Morgan fingerprint density at radius 1 is 1.50 bits per heavy atom. The molecular formula is C11H17N3O6. The van der Waals surface area contributed by atoms with Gasteiger partial charge in [0.15, 0.2) is 11.2 Å². The third-order valence-electron chi connectivity index (χ3n) is 2.49. The molecule has 0 saturated heterocycles. The number of aliphatic hydroxyl groups excluding tert-OH is 1. The minimum absolute atomic E-state index is 0.0264. The van der Waals surface area contributed by atoms with E-state index in [0.717, 1.165) is 13.4 Å². The van der Waals surface area contributed by atoms with Gasteiger partial charge in [0.05, 0.1) is 27.4 Å². The molecule has 1 rings (SSSR count). The third kappa shape index (κ3) is 3.76. The number of amides is 1. The lowest BCUT2D eigenvalue weighted by Crippen LogP contribution is -2.55. The van der Waals surface area contributed by atoms with Gasteiger partial charge in [-0.1, -0.05) is 0 Å². The summed E-state index contributed by atoms with van der Waals surface area (Å²) >= 11 is 0. The molecule has 9 heteroatoms. The van der Waals surface area contributed by atoms with E-state index in [1.807, 2.05) is 0 Å². The van der Waals surface area contributed by atoms with Gasteiger partial charge in [-0.15, -0.1) is 0 Å². The van der Waals surface area contributed by atoms with E-state index < -0.39 is 24.0 Å². The van der Waals surface area contributed by atoms with Gasteiger partial charge < -0.3 is 24.4 Å². The van der Waals surface area contributed by atoms with Crippen molar-refractivity contribution in [2.45, 2.75) is 19.0 Å². The molecule has 0 spiro atoms. The van der Waals surface area contributed by atoms with Crippen molar-refractivity contribution < 1.29 is 28.7 Å². The van der Waals surface area contributed by atoms with Crippen LogP contribution >= 0.6 is 0 Å². The fraction of sp³-hybridized carbons (Fsp3) is 0.545. The maximum Gasteiger partial charge on any atom is 0.333 e. The van der Waals surface area contributed by atoms with Crippen molar-refractivity contribution in [2.24, 2.45) is 0 Å². The van der Waals surface area contributed by atoms with Crippen LogP contribution < -0.4 is 10.8 Å². The maximum absolute atomic E-state index is 11.9. The minimum atomic E-state index is -1.55. The summed E-state index contributed by atoms with van der Waals surface area (Å²) in [6.45, 7) is 0.906. The van der Waals surface area contributed by atoms with Crippen LogP contribution in [-0.2, 0) is 20.9 Å². The largest absolute Gasteiger partial charge is 0.467 e. The first-order valence-corrected chi connectivity index (χ1v) is 5.69. The van der Waals surface area contributed by atoms with Gasteiger partial charge in [0.25, 0.3) is 5.91 Å². The second-order valence-corrected chi connectivity index (χ2v) is 4.09. The van der Waals surface area contributed by atoms with Gasteiger partial charge in [-0.25, -0.2) is 9.78 Å². The van der Waals surface area contributed by atoms with Gasteiger partial charge in [0.2, 0.25) is 5.89 Å². The van der Waals surface area contributed by atoms with E-state index >= 15 is 0 Å². The zero-order valence-corrected chi connectivity index (χ0v) is 11.4. The summed E-state index contributed by atoms with van der Waals surface area (Å²) in [7, 11) is 2.59. The summed E-state index contributed by atoms with van der Waals surface area (Å²) < 4.78 is 9.55. The van der Waals surface area contributed by atoms with E-state index in [4.69, 9.17) is 4.42 Å². The second kappa shape index (κ2) is 6.98. The monoisotopic (exact) mass is 287 g/mol. The van der Waals surface area contributed by atoms with E-state index in [9.17, 15) is 14.7 Å². The summed E-state index contributed by atoms with van der Waals surface area (Å²) in [5.41, 5.74) is 0.929. The topological polar surface area (TPSA) is 123 Å². The van der Waals surface area contributed by atoms with Crippen LogP contribution in [0.4, 0.5) is 0 Å². The Balaban J connectivity index is 2.74. The number of rotatable bonds is 7. The van der Waals surface area contributed by atoms with E-state index in [0.29, 0.717) is 0 Å². The fourth-order valence-corrected chi connectivity index (χ4v) is 1.33. The van der Waals surface area contributed by atoms with Crippen molar-refractivity contribution >= 4 is 11.9 Å². The number of nitrogens with zero attached hydrogens (tertiary/aromatic N) is 1. The highest BCUT2D eigenvalue weighted by molar-refractivity contribution is 5.96. The summed E-state index contributed by atoms with van der Waals surface area (Å²) in [6, 6.07) is 0. The first-order chi connectivity index (χ1) is 9.46. The number of nitrogens with one attached hydrogen (secondary N) is 2. The number of methoxy groups -OCH3 is 1. The van der Waals surface area contributed by atoms with Crippen LogP contribution in [0.3, 0.4) is 0 Å². The lowest BCUT2D eigenvalue weighted by molar-refractivity contribution is -0.149. The van der Waals surface area contributed by atoms with Crippen LogP contribution in [-0.4, -0.2) is 48.3 Å². The first-order valence-electron chi connectivity index (χ1n) is 5.69. The molecule has 3 N–H and O–H groups in total. The maximum atomic E-state index is 11.9. The lowest BCUT2D eigenvalue weighted by atomic mass is 10.0. The second-order valence-electron chi connectivity index (χ2n) is 4.09. The summed E-state index contributed by atoms with van der Waals surface area (Å²) in [4.78, 5) is 31.9. The van der Waals surface area contributed by atoms with Gasteiger partial charge >= 0.3 is 5.97 Å². The van der Waals surface area contributed by atoms with Crippen LogP contribution in [0.1, 0.15) is 23.3 Å². The van der Waals surface area contributed by atoms with E-state index in [-0.39, 0.29) is 18.1 Å². The smallest absolute Gasteiger partial charge is 0.333 e. The number of carbonyl (C=O) groups is 2. The van der Waals surface area contributed by atoms with E-state index in [2.05, 4.69) is 25.4 Å². The predicted octanol–water partition coefficient (Wildman–Crippen LogP) is -1.02. The quantitative estimate of drug-likeness (QED) is 0.430. The highest BCUT2D eigenvalue weighted by Gasteiger charge is 2.36.